The molecule has 0 fully saturated rings. The molecule has 0 saturated heterocycles. The Hall–Kier alpha value is -1.34. The first-order chi connectivity index (χ1) is 7.60. The van der Waals surface area contributed by atoms with Crippen molar-refractivity contribution in [1.29, 1.82) is 0 Å². The summed E-state index contributed by atoms with van der Waals surface area (Å²) in [5, 5.41) is 0. The SMILES string of the molecule is CC1(C)C2=C(C=CC(N)C2)c2ccccc21. The topological polar surface area (TPSA) is 26.0 Å². The van der Waals surface area contributed by atoms with Crippen LogP contribution in [0.1, 0.15) is 31.4 Å². The summed E-state index contributed by atoms with van der Waals surface area (Å²) in [4.78, 5) is 0. The summed E-state index contributed by atoms with van der Waals surface area (Å²) in [7, 11) is 0. The Labute approximate surface area is 96.7 Å². The largest absolute Gasteiger partial charge is 0.324 e. The normalized spacial score (nSPS) is 25.6. The first-order valence-electron chi connectivity index (χ1n) is 5.88. The van der Waals surface area contributed by atoms with Gasteiger partial charge in [0.2, 0.25) is 0 Å². The van der Waals surface area contributed by atoms with E-state index in [1.54, 1.807) is 0 Å². The molecule has 0 saturated carbocycles. The van der Waals surface area contributed by atoms with Gasteiger partial charge in [-0.1, -0.05) is 55.8 Å². The van der Waals surface area contributed by atoms with Crippen LogP contribution in [0.4, 0.5) is 0 Å². The van der Waals surface area contributed by atoms with Gasteiger partial charge >= 0.3 is 0 Å². The molecule has 0 radical (unpaired) electrons. The van der Waals surface area contributed by atoms with Gasteiger partial charge in [-0.05, 0) is 23.1 Å². The lowest BCUT2D eigenvalue weighted by molar-refractivity contribution is 0.588. The van der Waals surface area contributed by atoms with E-state index in [2.05, 4.69) is 50.3 Å². The Kier molecular flexibility index (Phi) is 1.90. The zero-order valence-electron chi connectivity index (χ0n) is 9.83. The third-order valence-electron chi connectivity index (χ3n) is 3.92. The molecule has 0 bridgehead atoms. The lowest BCUT2D eigenvalue weighted by Crippen LogP contribution is -2.26. The van der Waals surface area contributed by atoms with E-state index in [9.17, 15) is 0 Å². The van der Waals surface area contributed by atoms with E-state index in [4.69, 9.17) is 5.73 Å². The molecular weight excluding hydrogens is 194 g/mol. The first kappa shape index (κ1) is 9.86. The molecule has 16 heavy (non-hydrogen) atoms. The molecule has 2 N–H and O–H groups in total. The Morgan fingerprint density at radius 1 is 1.25 bits per heavy atom. The third kappa shape index (κ3) is 1.15. The highest BCUT2D eigenvalue weighted by molar-refractivity contribution is 5.86. The maximum atomic E-state index is 6.03. The number of hydrogen-bond donors (Lipinski definition) is 1. The van der Waals surface area contributed by atoms with Crippen LogP contribution in [0.15, 0.2) is 42.0 Å². The lowest BCUT2D eigenvalue weighted by atomic mass is 9.78. The Morgan fingerprint density at radius 2 is 2.00 bits per heavy atom. The predicted octanol–water partition coefficient (Wildman–Crippen LogP) is 3.02. The van der Waals surface area contributed by atoms with Crippen molar-refractivity contribution in [2.45, 2.75) is 31.7 Å². The quantitative estimate of drug-likeness (QED) is 0.701. The molecule has 1 nitrogen and oxygen atoms in total. The van der Waals surface area contributed by atoms with E-state index in [1.807, 2.05) is 0 Å². The minimum Gasteiger partial charge on any atom is -0.324 e. The van der Waals surface area contributed by atoms with E-state index in [0.717, 1.165) is 6.42 Å². The second kappa shape index (κ2) is 3.08. The molecule has 0 heterocycles. The second-order valence-corrected chi connectivity index (χ2v) is 5.29. The number of nitrogens with two attached hydrogens (primary N) is 1. The van der Waals surface area contributed by atoms with Gasteiger partial charge in [0.05, 0.1) is 0 Å². The number of fused-ring (bicyclic) bond motifs is 2. The van der Waals surface area contributed by atoms with Gasteiger partial charge in [-0.15, -0.1) is 0 Å². The fourth-order valence-electron chi connectivity index (χ4n) is 3.00. The summed E-state index contributed by atoms with van der Waals surface area (Å²) in [6, 6.07) is 8.90. The summed E-state index contributed by atoms with van der Waals surface area (Å²) < 4.78 is 0. The summed E-state index contributed by atoms with van der Waals surface area (Å²) in [5.41, 5.74) is 11.9. The number of benzene rings is 1. The smallest absolute Gasteiger partial charge is 0.0265 e. The van der Waals surface area contributed by atoms with Crippen LogP contribution in [0.2, 0.25) is 0 Å². The molecule has 2 aliphatic carbocycles. The van der Waals surface area contributed by atoms with E-state index in [-0.39, 0.29) is 11.5 Å². The summed E-state index contributed by atoms with van der Waals surface area (Å²) in [5.74, 6) is 0. The van der Waals surface area contributed by atoms with Gasteiger partial charge in [0.15, 0.2) is 0 Å². The molecule has 1 heteroatoms. The van der Waals surface area contributed by atoms with Crippen molar-refractivity contribution < 1.29 is 0 Å². The minimum absolute atomic E-state index is 0.147. The van der Waals surface area contributed by atoms with Crippen molar-refractivity contribution in [2.75, 3.05) is 0 Å². The second-order valence-electron chi connectivity index (χ2n) is 5.29. The maximum Gasteiger partial charge on any atom is 0.0265 e. The van der Waals surface area contributed by atoms with Crippen molar-refractivity contribution in [1.82, 2.24) is 0 Å². The summed E-state index contributed by atoms with van der Waals surface area (Å²) in [6.07, 6.45) is 5.32. The highest BCUT2D eigenvalue weighted by atomic mass is 14.6. The minimum atomic E-state index is 0.147. The van der Waals surface area contributed by atoms with Crippen molar-refractivity contribution in [3.63, 3.8) is 0 Å². The fraction of sp³-hybridized carbons (Fsp3) is 0.333. The average Bonchev–Trinajstić information content (AvgIpc) is 2.49. The van der Waals surface area contributed by atoms with Crippen molar-refractivity contribution >= 4 is 5.57 Å². The molecule has 3 rings (SSSR count). The molecule has 1 aromatic carbocycles. The van der Waals surface area contributed by atoms with Gasteiger partial charge in [-0.25, -0.2) is 0 Å². The molecule has 0 amide bonds. The summed E-state index contributed by atoms with van der Waals surface area (Å²) in [6.45, 7) is 4.61. The lowest BCUT2D eigenvalue weighted by Gasteiger charge is -2.27. The molecule has 0 aromatic heterocycles. The molecule has 0 aliphatic heterocycles. The average molecular weight is 211 g/mol. The van der Waals surface area contributed by atoms with Gasteiger partial charge < -0.3 is 5.73 Å². The van der Waals surface area contributed by atoms with E-state index in [1.165, 1.54) is 22.3 Å². The van der Waals surface area contributed by atoms with Crippen LogP contribution in [-0.4, -0.2) is 6.04 Å². The van der Waals surface area contributed by atoms with Crippen LogP contribution in [0.3, 0.4) is 0 Å². The molecule has 2 aliphatic rings. The molecule has 82 valence electrons. The summed E-state index contributed by atoms with van der Waals surface area (Å²) >= 11 is 0. The van der Waals surface area contributed by atoms with Crippen LogP contribution in [0.5, 0.6) is 0 Å². The van der Waals surface area contributed by atoms with Gasteiger partial charge in [0.25, 0.3) is 0 Å². The highest BCUT2D eigenvalue weighted by Crippen LogP contribution is 2.49. The zero-order chi connectivity index (χ0) is 11.3. The fourth-order valence-corrected chi connectivity index (χ4v) is 3.00. The van der Waals surface area contributed by atoms with Crippen molar-refractivity contribution in [3.8, 4) is 0 Å². The highest BCUT2D eigenvalue weighted by Gasteiger charge is 2.37. The molecular formula is C15H17N. The van der Waals surface area contributed by atoms with Crippen LogP contribution >= 0.6 is 0 Å². The first-order valence-corrected chi connectivity index (χ1v) is 5.88. The van der Waals surface area contributed by atoms with Crippen molar-refractivity contribution in [2.24, 2.45) is 5.73 Å². The number of allylic oxidation sites excluding steroid dienone is 2. The van der Waals surface area contributed by atoms with Gasteiger partial charge in [-0.2, -0.15) is 0 Å². The molecule has 0 spiro atoms. The predicted molar refractivity (Wildman–Crippen MR) is 68.1 cm³/mol. The number of rotatable bonds is 0. The van der Waals surface area contributed by atoms with Crippen LogP contribution in [0, 0.1) is 0 Å². The molecule has 1 aromatic rings. The molecule has 1 unspecified atom stereocenters. The standard InChI is InChI=1S/C15H17N/c1-15(2)13-6-4-3-5-11(13)12-8-7-10(16)9-14(12)15/h3-8,10H,9,16H2,1-2H3. The van der Waals surface area contributed by atoms with Gasteiger partial charge in [-0.3, -0.25) is 0 Å². The Balaban J connectivity index is 2.24. The Bertz CT molecular complexity index is 506. The van der Waals surface area contributed by atoms with E-state index >= 15 is 0 Å². The van der Waals surface area contributed by atoms with E-state index in [0.29, 0.717) is 0 Å². The third-order valence-corrected chi connectivity index (χ3v) is 3.92. The van der Waals surface area contributed by atoms with Crippen LogP contribution < -0.4 is 5.73 Å². The monoisotopic (exact) mass is 211 g/mol. The van der Waals surface area contributed by atoms with E-state index < -0.39 is 0 Å². The zero-order valence-corrected chi connectivity index (χ0v) is 9.83. The van der Waals surface area contributed by atoms with Crippen LogP contribution in [-0.2, 0) is 5.41 Å². The molecule has 1 atom stereocenters. The maximum absolute atomic E-state index is 6.03. The Morgan fingerprint density at radius 3 is 2.81 bits per heavy atom. The van der Waals surface area contributed by atoms with Gasteiger partial charge in [0, 0.05) is 11.5 Å². The number of hydrogen-bond acceptors (Lipinski definition) is 1. The van der Waals surface area contributed by atoms with Gasteiger partial charge in [0.1, 0.15) is 0 Å². The van der Waals surface area contributed by atoms with Crippen molar-refractivity contribution in [3.05, 3.63) is 53.1 Å². The van der Waals surface area contributed by atoms with Crippen LogP contribution in [0.25, 0.3) is 5.57 Å².